The molecule has 0 radical (unpaired) electrons. The van der Waals surface area contributed by atoms with E-state index in [0.29, 0.717) is 24.6 Å². The first-order chi connectivity index (χ1) is 10.1. The molecule has 0 aliphatic carbocycles. The third-order valence-electron chi connectivity index (χ3n) is 2.91. The van der Waals surface area contributed by atoms with Gasteiger partial charge in [0.15, 0.2) is 0 Å². The highest BCUT2D eigenvalue weighted by Gasteiger charge is 2.10. The predicted octanol–water partition coefficient (Wildman–Crippen LogP) is 2.09. The lowest BCUT2D eigenvalue weighted by molar-refractivity contribution is 0.0944. The van der Waals surface area contributed by atoms with Gasteiger partial charge < -0.3 is 20.9 Å². The number of carbonyl (C=O) groups is 1. The van der Waals surface area contributed by atoms with E-state index >= 15 is 0 Å². The van der Waals surface area contributed by atoms with Gasteiger partial charge in [-0.05, 0) is 36.8 Å². The standard InChI is InChI=1S/C16H18N2O3/c1-11-5-6-14(15(19)9-11)16(20)18-7-8-21-13-4-2-3-12(17)10-13/h2-6,9-10,19H,7-8,17H2,1H3,(H,18,20). The van der Waals surface area contributed by atoms with Crippen molar-refractivity contribution in [3.63, 3.8) is 0 Å². The Morgan fingerprint density at radius 3 is 2.81 bits per heavy atom. The number of phenolic OH excluding ortho intramolecular Hbond substituents is 1. The van der Waals surface area contributed by atoms with Gasteiger partial charge in [-0.3, -0.25) is 4.79 Å². The van der Waals surface area contributed by atoms with Crippen molar-refractivity contribution < 1.29 is 14.6 Å². The Bertz CT molecular complexity index is 641. The van der Waals surface area contributed by atoms with Gasteiger partial charge in [0.2, 0.25) is 0 Å². The maximum atomic E-state index is 11.9. The number of aromatic hydroxyl groups is 1. The van der Waals surface area contributed by atoms with Gasteiger partial charge >= 0.3 is 0 Å². The Hall–Kier alpha value is -2.69. The van der Waals surface area contributed by atoms with Crippen LogP contribution in [-0.2, 0) is 0 Å². The number of hydrogen-bond acceptors (Lipinski definition) is 4. The number of rotatable bonds is 5. The van der Waals surface area contributed by atoms with Crippen molar-refractivity contribution in [3.8, 4) is 11.5 Å². The number of benzene rings is 2. The van der Waals surface area contributed by atoms with Crippen LogP contribution in [0, 0.1) is 6.92 Å². The molecule has 1 amide bonds. The fourth-order valence-corrected chi connectivity index (χ4v) is 1.87. The van der Waals surface area contributed by atoms with Gasteiger partial charge in [-0.1, -0.05) is 12.1 Å². The number of ether oxygens (including phenoxy) is 1. The molecular formula is C16H18N2O3. The molecule has 0 unspecified atom stereocenters. The minimum atomic E-state index is -0.330. The number of hydrogen-bond donors (Lipinski definition) is 3. The van der Waals surface area contributed by atoms with Crippen molar-refractivity contribution in [2.75, 3.05) is 18.9 Å². The molecule has 2 rings (SSSR count). The number of aryl methyl sites for hydroxylation is 1. The largest absolute Gasteiger partial charge is 0.507 e. The zero-order valence-corrected chi connectivity index (χ0v) is 11.8. The van der Waals surface area contributed by atoms with E-state index in [1.54, 1.807) is 42.5 Å². The van der Waals surface area contributed by atoms with Crippen LogP contribution in [-0.4, -0.2) is 24.2 Å². The van der Waals surface area contributed by atoms with E-state index in [-0.39, 0.29) is 17.2 Å². The van der Waals surface area contributed by atoms with Gasteiger partial charge in [-0.25, -0.2) is 0 Å². The third-order valence-corrected chi connectivity index (χ3v) is 2.91. The molecule has 0 aromatic heterocycles. The highest BCUT2D eigenvalue weighted by molar-refractivity contribution is 5.96. The van der Waals surface area contributed by atoms with Gasteiger partial charge in [-0.2, -0.15) is 0 Å². The average Bonchev–Trinajstić information content (AvgIpc) is 2.43. The second kappa shape index (κ2) is 6.65. The maximum Gasteiger partial charge on any atom is 0.255 e. The minimum Gasteiger partial charge on any atom is -0.507 e. The van der Waals surface area contributed by atoms with Gasteiger partial charge in [-0.15, -0.1) is 0 Å². The van der Waals surface area contributed by atoms with Crippen LogP contribution in [0.4, 0.5) is 5.69 Å². The Labute approximate surface area is 123 Å². The number of nitrogens with one attached hydrogen (secondary N) is 1. The average molecular weight is 286 g/mol. The first-order valence-corrected chi connectivity index (χ1v) is 6.62. The highest BCUT2D eigenvalue weighted by Crippen LogP contribution is 2.18. The Morgan fingerprint density at radius 1 is 1.29 bits per heavy atom. The molecule has 0 saturated heterocycles. The molecule has 21 heavy (non-hydrogen) atoms. The van der Waals surface area contributed by atoms with Crippen molar-refractivity contribution in [2.24, 2.45) is 0 Å². The van der Waals surface area contributed by atoms with Crippen LogP contribution < -0.4 is 15.8 Å². The molecule has 2 aromatic carbocycles. The predicted molar refractivity (Wildman–Crippen MR) is 81.5 cm³/mol. The second-order valence-electron chi connectivity index (χ2n) is 4.70. The summed E-state index contributed by atoms with van der Waals surface area (Å²) in [5.74, 6) is 0.301. The monoisotopic (exact) mass is 286 g/mol. The Morgan fingerprint density at radius 2 is 2.10 bits per heavy atom. The third kappa shape index (κ3) is 4.14. The number of nitrogens with two attached hydrogens (primary N) is 1. The lowest BCUT2D eigenvalue weighted by Gasteiger charge is -2.09. The van der Waals surface area contributed by atoms with Crippen LogP contribution >= 0.6 is 0 Å². The molecule has 0 fully saturated rings. The molecule has 0 saturated carbocycles. The first-order valence-electron chi connectivity index (χ1n) is 6.62. The Balaban J connectivity index is 1.82. The number of nitrogen functional groups attached to an aromatic ring is 1. The lowest BCUT2D eigenvalue weighted by atomic mass is 10.1. The quantitative estimate of drug-likeness (QED) is 0.580. The molecule has 5 heteroatoms. The van der Waals surface area contributed by atoms with Crippen LogP contribution in [0.1, 0.15) is 15.9 Å². The summed E-state index contributed by atoms with van der Waals surface area (Å²) in [4.78, 5) is 11.9. The van der Waals surface area contributed by atoms with Crippen molar-refractivity contribution in [2.45, 2.75) is 6.92 Å². The van der Waals surface area contributed by atoms with Crippen molar-refractivity contribution in [1.82, 2.24) is 5.32 Å². The molecule has 0 atom stereocenters. The van der Waals surface area contributed by atoms with E-state index in [4.69, 9.17) is 10.5 Å². The van der Waals surface area contributed by atoms with Crippen LogP contribution in [0.15, 0.2) is 42.5 Å². The Kier molecular flexibility index (Phi) is 4.66. The maximum absolute atomic E-state index is 11.9. The number of phenols is 1. The fourth-order valence-electron chi connectivity index (χ4n) is 1.87. The van der Waals surface area contributed by atoms with Crippen molar-refractivity contribution in [3.05, 3.63) is 53.6 Å². The van der Waals surface area contributed by atoms with E-state index in [1.807, 2.05) is 6.92 Å². The van der Waals surface area contributed by atoms with Crippen LogP contribution in [0.2, 0.25) is 0 Å². The van der Waals surface area contributed by atoms with Gasteiger partial charge in [0.25, 0.3) is 5.91 Å². The van der Waals surface area contributed by atoms with E-state index in [0.717, 1.165) is 5.56 Å². The second-order valence-corrected chi connectivity index (χ2v) is 4.70. The van der Waals surface area contributed by atoms with E-state index in [2.05, 4.69) is 5.32 Å². The molecule has 0 bridgehead atoms. The molecule has 110 valence electrons. The normalized spacial score (nSPS) is 10.1. The van der Waals surface area contributed by atoms with E-state index < -0.39 is 0 Å². The lowest BCUT2D eigenvalue weighted by Crippen LogP contribution is -2.28. The molecule has 0 aliphatic rings. The molecule has 0 heterocycles. The number of amides is 1. The van der Waals surface area contributed by atoms with E-state index in [1.165, 1.54) is 0 Å². The zero-order valence-electron chi connectivity index (χ0n) is 11.8. The number of anilines is 1. The minimum absolute atomic E-state index is 0.0238. The molecule has 0 spiro atoms. The first kappa shape index (κ1) is 14.7. The fraction of sp³-hybridized carbons (Fsp3) is 0.188. The topological polar surface area (TPSA) is 84.6 Å². The summed E-state index contributed by atoms with van der Waals surface area (Å²) in [7, 11) is 0. The molecular weight excluding hydrogens is 268 g/mol. The van der Waals surface area contributed by atoms with Crippen LogP contribution in [0.25, 0.3) is 0 Å². The summed E-state index contributed by atoms with van der Waals surface area (Å²) in [6.45, 7) is 2.50. The summed E-state index contributed by atoms with van der Waals surface area (Å²) in [5.41, 5.74) is 7.42. The zero-order chi connectivity index (χ0) is 15.2. The highest BCUT2D eigenvalue weighted by atomic mass is 16.5. The summed E-state index contributed by atoms with van der Waals surface area (Å²) >= 11 is 0. The number of carbonyl (C=O) groups excluding carboxylic acids is 1. The summed E-state index contributed by atoms with van der Waals surface area (Å²) < 4.78 is 5.47. The van der Waals surface area contributed by atoms with Crippen LogP contribution in [0.5, 0.6) is 11.5 Å². The molecule has 4 N–H and O–H groups in total. The van der Waals surface area contributed by atoms with Crippen molar-refractivity contribution >= 4 is 11.6 Å². The van der Waals surface area contributed by atoms with E-state index in [9.17, 15) is 9.90 Å². The summed E-state index contributed by atoms with van der Waals surface area (Å²) in [5, 5.41) is 12.4. The molecule has 0 aliphatic heterocycles. The molecule has 2 aromatic rings. The summed E-state index contributed by atoms with van der Waals surface area (Å²) in [6.07, 6.45) is 0. The van der Waals surface area contributed by atoms with Crippen molar-refractivity contribution in [1.29, 1.82) is 0 Å². The summed E-state index contributed by atoms with van der Waals surface area (Å²) in [6, 6.07) is 12.0. The van der Waals surface area contributed by atoms with Gasteiger partial charge in [0.05, 0.1) is 12.1 Å². The SMILES string of the molecule is Cc1ccc(C(=O)NCCOc2cccc(N)c2)c(O)c1. The smallest absolute Gasteiger partial charge is 0.255 e. The molecule has 5 nitrogen and oxygen atoms in total. The van der Waals surface area contributed by atoms with Gasteiger partial charge in [0, 0.05) is 11.8 Å². The van der Waals surface area contributed by atoms with Gasteiger partial charge in [0.1, 0.15) is 18.1 Å². The van der Waals surface area contributed by atoms with Crippen LogP contribution in [0.3, 0.4) is 0 Å².